The number of aromatic hydroxyl groups is 1. The third-order valence-electron chi connectivity index (χ3n) is 8.85. The predicted octanol–water partition coefficient (Wildman–Crippen LogP) is 8.08. The highest BCUT2D eigenvalue weighted by Gasteiger charge is 2.56. The van der Waals surface area contributed by atoms with Crippen LogP contribution in [0.25, 0.3) is 0 Å². The van der Waals surface area contributed by atoms with E-state index in [0.29, 0.717) is 12.0 Å². The summed E-state index contributed by atoms with van der Waals surface area (Å²) >= 11 is 25.0. The molecule has 5 nitrogen and oxygen atoms in total. The number of imide groups is 1. The molecule has 1 fully saturated rings. The zero-order valence-electron chi connectivity index (χ0n) is 21.0. The van der Waals surface area contributed by atoms with Crippen molar-refractivity contribution in [1.29, 1.82) is 0 Å². The SMILES string of the molecule is CC(C)c1cc2c(cc1O)[C@@]1(C)CCC[C@@](C)(CN3C(=O)c4c(Cl)c(Cl)c(Cl)c(Cl)c4C3=O)[C@@H]1CC2=O. The van der Waals surface area contributed by atoms with Crippen LogP contribution >= 0.6 is 46.4 Å². The first-order chi connectivity index (χ1) is 17.2. The van der Waals surface area contributed by atoms with Gasteiger partial charge in [-0.2, -0.15) is 0 Å². The first-order valence-corrected chi connectivity index (χ1v) is 13.9. The topological polar surface area (TPSA) is 74.7 Å². The number of phenolic OH excluding ortho intramolecular Hbond substituents is 1. The summed E-state index contributed by atoms with van der Waals surface area (Å²) in [5.41, 5.74) is 1.21. The predicted molar refractivity (Wildman–Crippen MR) is 146 cm³/mol. The summed E-state index contributed by atoms with van der Waals surface area (Å²) in [6, 6.07) is 3.60. The van der Waals surface area contributed by atoms with Gasteiger partial charge in [-0.25, -0.2) is 0 Å². The monoisotopic (exact) mass is 581 g/mol. The molecule has 2 aliphatic carbocycles. The standard InChI is InChI=1S/C28H27Cl4NO4/c1-12(2)13-8-14-15(9-16(13)34)28(4)7-5-6-27(3,18(28)10-17(14)35)11-33-25(36)19-20(26(33)37)22(30)24(32)23(31)21(19)29/h8-9,12,18,34H,5-7,10-11H2,1-4H3/t18-,27-,28+/m0/s1. The van der Waals surface area contributed by atoms with Crippen LogP contribution in [0.15, 0.2) is 12.1 Å². The van der Waals surface area contributed by atoms with Crippen molar-refractivity contribution in [3.63, 3.8) is 0 Å². The van der Waals surface area contributed by atoms with Gasteiger partial charge in [0.05, 0.1) is 31.2 Å². The van der Waals surface area contributed by atoms with E-state index in [2.05, 4.69) is 6.92 Å². The first kappa shape index (κ1) is 26.8. The third kappa shape index (κ3) is 3.76. The highest BCUT2D eigenvalue weighted by Crippen LogP contribution is 2.58. The van der Waals surface area contributed by atoms with Gasteiger partial charge in [0.25, 0.3) is 11.8 Å². The van der Waals surface area contributed by atoms with Gasteiger partial charge >= 0.3 is 0 Å². The fourth-order valence-corrected chi connectivity index (χ4v) is 7.94. The van der Waals surface area contributed by atoms with E-state index in [9.17, 15) is 19.5 Å². The van der Waals surface area contributed by atoms with Crippen LogP contribution in [-0.2, 0) is 5.41 Å². The molecule has 9 heteroatoms. The maximum Gasteiger partial charge on any atom is 0.263 e. The van der Waals surface area contributed by atoms with Crippen LogP contribution in [0.5, 0.6) is 5.75 Å². The molecule has 0 saturated heterocycles. The number of carbonyl (C=O) groups is 3. The molecule has 2 aromatic carbocycles. The van der Waals surface area contributed by atoms with Crippen LogP contribution in [-0.4, -0.2) is 34.1 Å². The lowest BCUT2D eigenvalue weighted by Gasteiger charge is -2.55. The second-order valence-electron chi connectivity index (χ2n) is 11.4. The van der Waals surface area contributed by atoms with E-state index in [1.807, 2.05) is 26.8 Å². The summed E-state index contributed by atoms with van der Waals surface area (Å²) in [4.78, 5) is 41.6. The van der Waals surface area contributed by atoms with Gasteiger partial charge < -0.3 is 5.11 Å². The van der Waals surface area contributed by atoms with Crippen molar-refractivity contribution in [2.75, 3.05) is 6.54 Å². The minimum absolute atomic E-state index is 0.0134. The van der Waals surface area contributed by atoms with Crippen molar-refractivity contribution in [2.24, 2.45) is 11.3 Å². The number of benzene rings is 2. The number of rotatable bonds is 3. The Bertz CT molecular complexity index is 1360. The Morgan fingerprint density at radius 2 is 1.51 bits per heavy atom. The maximum atomic E-state index is 13.5. The van der Waals surface area contributed by atoms with E-state index in [4.69, 9.17) is 46.4 Å². The Balaban J connectivity index is 1.56. The number of ketones is 1. The van der Waals surface area contributed by atoms with Crippen molar-refractivity contribution in [3.8, 4) is 5.75 Å². The molecular formula is C28H27Cl4NO4. The van der Waals surface area contributed by atoms with Crippen LogP contribution in [0.1, 0.15) is 101 Å². The molecule has 1 saturated carbocycles. The van der Waals surface area contributed by atoms with Crippen molar-refractivity contribution in [3.05, 3.63) is 60.0 Å². The molecule has 37 heavy (non-hydrogen) atoms. The molecule has 3 aliphatic rings. The highest BCUT2D eigenvalue weighted by molar-refractivity contribution is 6.55. The van der Waals surface area contributed by atoms with Gasteiger partial charge in [-0.15, -0.1) is 0 Å². The highest BCUT2D eigenvalue weighted by atomic mass is 35.5. The van der Waals surface area contributed by atoms with E-state index in [1.165, 1.54) is 4.90 Å². The number of hydrogen-bond acceptors (Lipinski definition) is 4. The van der Waals surface area contributed by atoms with Crippen LogP contribution in [0.4, 0.5) is 0 Å². The molecule has 0 aromatic heterocycles. The summed E-state index contributed by atoms with van der Waals surface area (Å²) in [7, 11) is 0. The van der Waals surface area contributed by atoms with Crippen LogP contribution in [0, 0.1) is 11.3 Å². The van der Waals surface area contributed by atoms with Gasteiger partial charge in [0.2, 0.25) is 0 Å². The number of carbonyl (C=O) groups excluding carboxylic acids is 3. The second-order valence-corrected chi connectivity index (χ2v) is 12.9. The average molecular weight is 583 g/mol. The quantitative estimate of drug-likeness (QED) is 0.225. The van der Waals surface area contributed by atoms with Crippen LogP contribution < -0.4 is 0 Å². The fraction of sp³-hybridized carbons (Fsp3) is 0.464. The largest absolute Gasteiger partial charge is 0.508 e. The molecule has 3 atom stereocenters. The smallest absolute Gasteiger partial charge is 0.263 e. The number of amides is 2. The van der Waals surface area contributed by atoms with Gasteiger partial charge in [0.15, 0.2) is 5.78 Å². The average Bonchev–Trinajstić information content (AvgIpc) is 3.07. The van der Waals surface area contributed by atoms with Crippen molar-refractivity contribution >= 4 is 64.0 Å². The molecule has 0 unspecified atom stereocenters. The summed E-state index contributed by atoms with van der Waals surface area (Å²) in [5.74, 6) is -1.01. The Kier molecular flexibility index (Phi) is 6.43. The molecule has 0 spiro atoms. The number of halogens is 4. The summed E-state index contributed by atoms with van der Waals surface area (Å²) in [6.45, 7) is 8.23. The lowest BCUT2D eigenvalue weighted by Crippen LogP contribution is -2.55. The van der Waals surface area contributed by atoms with E-state index in [1.54, 1.807) is 6.07 Å². The maximum absolute atomic E-state index is 13.5. The van der Waals surface area contributed by atoms with Crippen molar-refractivity contribution in [1.82, 2.24) is 4.90 Å². The van der Waals surface area contributed by atoms with Gasteiger partial charge in [-0.1, -0.05) is 80.5 Å². The van der Waals surface area contributed by atoms with E-state index < -0.39 is 22.6 Å². The van der Waals surface area contributed by atoms with Gasteiger partial charge in [0.1, 0.15) is 5.75 Å². The van der Waals surface area contributed by atoms with Crippen LogP contribution in [0.3, 0.4) is 0 Å². The number of phenols is 1. The van der Waals surface area contributed by atoms with E-state index >= 15 is 0 Å². The fourth-order valence-electron chi connectivity index (χ4n) is 6.93. The molecule has 2 amide bonds. The lowest BCUT2D eigenvalue weighted by molar-refractivity contribution is 0.00421. The summed E-state index contributed by atoms with van der Waals surface area (Å²) in [5, 5.41) is 10.5. The number of Topliss-reactive ketones (excluding diaryl/α,β-unsaturated/α-hetero) is 1. The molecule has 5 rings (SSSR count). The van der Waals surface area contributed by atoms with Crippen LogP contribution in [0.2, 0.25) is 20.1 Å². The summed E-state index contributed by atoms with van der Waals surface area (Å²) < 4.78 is 0. The normalized spacial score (nSPS) is 27.0. The third-order valence-corrected chi connectivity index (χ3v) is 10.7. The number of hydrogen-bond donors (Lipinski definition) is 1. The zero-order chi connectivity index (χ0) is 27.2. The van der Waals surface area contributed by atoms with E-state index in [-0.39, 0.29) is 61.1 Å². The van der Waals surface area contributed by atoms with Gasteiger partial charge in [-0.05, 0) is 58.8 Å². The van der Waals surface area contributed by atoms with Gasteiger partial charge in [-0.3, -0.25) is 19.3 Å². The van der Waals surface area contributed by atoms with Crippen molar-refractivity contribution in [2.45, 2.75) is 64.7 Å². The minimum Gasteiger partial charge on any atom is -0.508 e. The number of nitrogens with zero attached hydrogens (tertiary/aromatic N) is 1. The Labute approximate surface area is 236 Å². The van der Waals surface area contributed by atoms with Gasteiger partial charge in [0, 0.05) is 18.5 Å². The molecule has 0 bridgehead atoms. The van der Waals surface area contributed by atoms with E-state index in [0.717, 1.165) is 30.4 Å². The molecular weight excluding hydrogens is 556 g/mol. The number of fused-ring (bicyclic) bond motifs is 4. The molecule has 196 valence electrons. The lowest BCUT2D eigenvalue weighted by atomic mass is 9.49. The Morgan fingerprint density at radius 3 is 2.05 bits per heavy atom. The first-order valence-electron chi connectivity index (χ1n) is 12.4. The zero-order valence-corrected chi connectivity index (χ0v) is 24.0. The molecule has 1 aliphatic heterocycles. The molecule has 0 radical (unpaired) electrons. The van der Waals surface area contributed by atoms with Crippen molar-refractivity contribution < 1.29 is 19.5 Å². The molecule has 1 N–H and O–H groups in total. The summed E-state index contributed by atoms with van der Waals surface area (Å²) in [6.07, 6.45) is 2.69. The Morgan fingerprint density at radius 1 is 0.946 bits per heavy atom. The second kappa shape index (κ2) is 8.87. The minimum atomic E-state index is -0.569. The molecule has 1 heterocycles. The Hall–Kier alpha value is -1.79. The molecule has 2 aromatic rings.